The first-order chi connectivity index (χ1) is 19.0. The zero-order valence-corrected chi connectivity index (χ0v) is 21.6. The van der Waals surface area contributed by atoms with Gasteiger partial charge in [0.15, 0.2) is 11.6 Å². The normalized spacial score (nSPS) is 13.7. The molecule has 3 heterocycles. The van der Waals surface area contributed by atoms with Gasteiger partial charge in [-0.15, -0.1) is 0 Å². The van der Waals surface area contributed by atoms with Gasteiger partial charge in [-0.3, -0.25) is 14.5 Å². The lowest BCUT2D eigenvalue weighted by Crippen LogP contribution is -2.23. The van der Waals surface area contributed by atoms with E-state index in [9.17, 15) is 8.42 Å². The fourth-order valence-corrected chi connectivity index (χ4v) is 6.98. The topological polar surface area (TPSA) is 68.1 Å². The van der Waals surface area contributed by atoms with E-state index in [1.165, 1.54) is 0 Å². The summed E-state index contributed by atoms with van der Waals surface area (Å²) in [6.45, 7) is 7.87. The Labute approximate surface area is 225 Å². The van der Waals surface area contributed by atoms with Crippen molar-refractivity contribution in [1.29, 1.82) is 0 Å². The van der Waals surface area contributed by atoms with Crippen LogP contribution in [0.2, 0.25) is 0 Å². The van der Waals surface area contributed by atoms with Gasteiger partial charge in [-0.05, 0) is 59.7 Å². The van der Waals surface area contributed by atoms with E-state index in [4.69, 9.17) is 4.98 Å². The first-order valence-corrected chi connectivity index (χ1v) is 13.9. The van der Waals surface area contributed by atoms with Gasteiger partial charge in [0.2, 0.25) is 9.84 Å². The highest BCUT2D eigenvalue weighted by molar-refractivity contribution is 7.92. The van der Waals surface area contributed by atoms with Crippen LogP contribution in [-0.4, -0.2) is 23.0 Å². The number of rotatable bonds is 4. The molecule has 0 amide bonds. The molecule has 0 bridgehead atoms. The van der Waals surface area contributed by atoms with Gasteiger partial charge in [0.25, 0.3) is 0 Å². The minimum atomic E-state index is -3.68. The Kier molecular flexibility index (Phi) is 5.05. The number of hydrogen-bond donors (Lipinski definition) is 0. The molecule has 0 N–H and O–H groups in total. The summed E-state index contributed by atoms with van der Waals surface area (Å²) >= 11 is 0. The molecule has 0 spiro atoms. The van der Waals surface area contributed by atoms with Gasteiger partial charge >= 0.3 is 0 Å². The van der Waals surface area contributed by atoms with Crippen LogP contribution in [0.3, 0.4) is 0 Å². The van der Waals surface area contributed by atoms with E-state index >= 15 is 0 Å². The Morgan fingerprint density at radius 2 is 1.18 bits per heavy atom. The van der Waals surface area contributed by atoms with Crippen LogP contribution in [-0.2, 0) is 9.84 Å². The van der Waals surface area contributed by atoms with Crippen molar-refractivity contribution >= 4 is 61.0 Å². The van der Waals surface area contributed by atoms with Crippen LogP contribution in [0.5, 0.6) is 0 Å². The van der Waals surface area contributed by atoms with Crippen molar-refractivity contribution in [2.45, 2.75) is 9.79 Å². The zero-order valence-electron chi connectivity index (χ0n) is 20.8. The van der Waals surface area contributed by atoms with Gasteiger partial charge in [0.1, 0.15) is 0 Å². The fourth-order valence-electron chi connectivity index (χ4n) is 5.35. The summed E-state index contributed by atoms with van der Waals surface area (Å²) in [7, 11) is -3.68. The summed E-state index contributed by atoms with van der Waals surface area (Å²) in [5, 5.41) is 2.14. The molecule has 7 heteroatoms. The predicted octanol–water partition coefficient (Wildman–Crippen LogP) is 7.48. The number of anilines is 3. The summed E-state index contributed by atoms with van der Waals surface area (Å²) in [5.41, 5.74) is 5.07. The Hall–Kier alpha value is -5.01. The lowest BCUT2D eigenvalue weighted by Gasteiger charge is -2.31. The number of para-hydroxylation sites is 2. The van der Waals surface area contributed by atoms with E-state index in [0.29, 0.717) is 23.0 Å². The number of aromatic nitrogens is 3. The van der Waals surface area contributed by atoms with Crippen LogP contribution >= 0.6 is 0 Å². The van der Waals surface area contributed by atoms with Crippen LogP contribution in [0.15, 0.2) is 120 Å². The highest BCUT2D eigenvalue weighted by Gasteiger charge is 2.35. The maximum Gasteiger partial charge on any atom is 0.210 e. The lowest BCUT2D eigenvalue weighted by atomic mass is 10.1. The minimum absolute atomic E-state index is 0.238. The number of fused-ring (bicyclic) bond motifs is 5. The highest BCUT2D eigenvalue weighted by Crippen LogP contribution is 2.47. The van der Waals surface area contributed by atoms with Crippen LogP contribution < -0.4 is 4.90 Å². The second-order valence-electron chi connectivity index (χ2n) is 9.31. The molecule has 39 heavy (non-hydrogen) atoms. The molecule has 0 saturated carbocycles. The molecular formula is C32H22N4O2S. The summed E-state index contributed by atoms with van der Waals surface area (Å²) in [6, 6.07) is 26.4. The average molecular weight is 527 g/mol. The maximum atomic E-state index is 13.4. The molecule has 6 aromatic rings. The second-order valence-corrected chi connectivity index (χ2v) is 11.2. The summed E-state index contributed by atoms with van der Waals surface area (Å²) < 4.78 is 29.0. The molecule has 2 aromatic heterocycles. The summed E-state index contributed by atoms with van der Waals surface area (Å²) in [4.78, 5) is 12.0. The van der Waals surface area contributed by atoms with Gasteiger partial charge in [0.05, 0.1) is 44.6 Å². The van der Waals surface area contributed by atoms with Crippen molar-refractivity contribution in [2.24, 2.45) is 0 Å². The SMILES string of the molecule is C=Cc1ccc2c(c1)c1cc(C=C)ccc1n2-c1cncc(N2c3ccccc3S(=O)(=O)c3ccccc32)n1. The van der Waals surface area contributed by atoms with Crippen molar-refractivity contribution in [1.82, 2.24) is 14.5 Å². The molecule has 7 rings (SSSR count). The first kappa shape index (κ1) is 23.1. The van der Waals surface area contributed by atoms with E-state index in [2.05, 4.69) is 47.0 Å². The molecule has 6 nitrogen and oxygen atoms in total. The predicted molar refractivity (Wildman–Crippen MR) is 157 cm³/mol. The second kappa shape index (κ2) is 8.51. The van der Waals surface area contributed by atoms with Crippen molar-refractivity contribution in [3.63, 3.8) is 0 Å². The molecule has 0 aliphatic carbocycles. The van der Waals surface area contributed by atoms with E-state index in [1.54, 1.807) is 48.8 Å². The molecule has 0 saturated heterocycles. The van der Waals surface area contributed by atoms with E-state index < -0.39 is 9.84 Å². The number of hydrogen-bond acceptors (Lipinski definition) is 5. The fraction of sp³-hybridized carbons (Fsp3) is 0. The third-order valence-corrected chi connectivity index (χ3v) is 8.99. The Morgan fingerprint density at radius 3 is 1.72 bits per heavy atom. The monoisotopic (exact) mass is 526 g/mol. The number of sulfone groups is 1. The van der Waals surface area contributed by atoms with Crippen LogP contribution in [0.25, 0.3) is 39.8 Å². The average Bonchev–Trinajstić information content (AvgIpc) is 3.30. The Morgan fingerprint density at radius 1 is 0.667 bits per heavy atom. The number of nitrogens with zero attached hydrogens (tertiary/aromatic N) is 4. The maximum absolute atomic E-state index is 13.4. The molecule has 188 valence electrons. The molecule has 0 atom stereocenters. The van der Waals surface area contributed by atoms with Gasteiger partial charge in [-0.1, -0.05) is 61.7 Å². The van der Waals surface area contributed by atoms with Crippen molar-refractivity contribution in [3.8, 4) is 5.82 Å². The minimum Gasteiger partial charge on any atom is -0.292 e. The molecular weight excluding hydrogens is 504 g/mol. The van der Waals surface area contributed by atoms with Crippen molar-refractivity contribution < 1.29 is 8.42 Å². The third kappa shape index (κ3) is 3.37. The molecule has 0 unspecified atom stereocenters. The standard InChI is InChI=1S/C32H22N4O2S/c1-3-21-13-15-25-23(17-21)24-18-22(4-2)14-16-26(24)35(25)31-19-33-20-32(34-31)36-27-9-5-7-11-29(27)39(37,38)30-12-8-6-10-28(30)36/h3-20H,1-2H2. The van der Waals surface area contributed by atoms with E-state index in [1.807, 2.05) is 41.3 Å². The van der Waals surface area contributed by atoms with Crippen LogP contribution in [0.1, 0.15) is 11.1 Å². The zero-order chi connectivity index (χ0) is 26.7. The molecule has 0 radical (unpaired) electrons. The quantitative estimate of drug-likeness (QED) is 0.238. The summed E-state index contributed by atoms with van der Waals surface area (Å²) in [6.07, 6.45) is 7.05. The molecule has 4 aromatic carbocycles. The van der Waals surface area contributed by atoms with Gasteiger partial charge in [-0.25, -0.2) is 13.4 Å². The Balaban J connectivity index is 1.50. The van der Waals surface area contributed by atoms with Crippen molar-refractivity contribution in [2.75, 3.05) is 4.90 Å². The first-order valence-electron chi connectivity index (χ1n) is 12.4. The Bertz CT molecular complexity index is 1970. The van der Waals surface area contributed by atoms with Gasteiger partial charge < -0.3 is 0 Å². The largest absolute Gasteiger partial charge is 0.292 e. The van der Waals surface area contributed by atoms with Crippen LogP contribution in [0, 0.1) is 0 Å². The van der Waals surface area contributed by atoms with E-state index in [0.717, 1.165) is 32.9 Å². The molecule has 0 fully saturated rings. The van der Waals surface area contributed by atoms with Crippen molar-refractivity contribution in [3.05, 3.63) is 122 Å². The van der Waals surface area contributed by atoms with Gasteiger partial charge in [0, 0.05) is 10.8 Å². The van der Waals surface area contributed by atoms with Gasteiger partial charge in [-0.2, -0.15) is 0 Å². The van der Waals surface area contributed by atoms with E-state index in [-0.39, 0.29) is 9.79 Å². The number of benzene rings is 4. The smallest absolute Gasteiger partial charge is 0.210 e. The highest BCUT2D eigenvalue weighted by atomic mass is 32.2. The van der Waals surface area contributed by atoms with Crippen LogP contribution in [0.4, 0.5) is 17.2 Å². The summed E-state index contributed by atoms with van der Waals surface area (Å²) in [5.74, 6) is 1.14. The molecule has 1 aliphatic heterocycles. The lowest BCUT2D eigenvalue weighted by molar-refractivity contribution is 0.595. The molecule has 1 aliphatic rings. The third-order valence-electron chi connectivity index (χ3n) is 7.14.